The molecule has 0 aliphatic carbocycles. The van der Waals surface area contributed by atoms with Crippen molar-refractivity contribution in [2.45, 2.75) is 13.0 Å². The predicted molar refractivity (Wildman–Crippen MR) is 79.9 cm³/mol. The van der Waals surface area contributed by atoms with Crippen LogP contribution in [0, 0.1) is 5.92 Å². The van der Waals surface area contributed by atoms with E-state index >= 15 is 0 Å². The number of carbonyl (C=O) groups excluding carboxylic acids is 1. The van der Waals surface area contributed by atoms with Gasteiger partial charge in [0.2, 0.25) is 5.91 Å². The normalized spacial score (nSPS) is 17.1. The number of ether oxygens (including phenoxy) is 1. The monoisotopic (exact) mass is 287 g/mol. The summed E-state index contributed by atoms with van der Waals surface area (Å²) in [6, 6.07) is 10.0. The van der Waals surface area contributed by atoms with E-state index in [0.717, 1.165) is 17.7 Å². The van der Waals surface area contributed by atoms with Gasteiger partial charge in [0.05, 0.1) is 5.92 Å². The minimum atomic E-state index is -0.0754. The van der Waals surface area contributed by atoms with Gasteiger partial charge in [0, 0.05) is 13.6 Å². The third-order valence-corrected chi connectivity index (χ3v) is 4.34. The van der Waals surface area contributed by atoms with Gasteiger partial charge in [-0.15, -0.1) is 0 Å². The molecule has 0 saturated carbocycles. The summed E-state index contributed by atoms with van der Waals surface area (Å²) in [6.45, 7) is 1.14. The first-order valence-corrected chi connectivity index (χ1v) is 7.65. The molecule has 20 heavy (non-hydrogen) atoms. The Morgan fingerprint density at radius 3 is 3.05 bits per heavy atom. The Morgan fingerprint density at radius 1 is 1.40 bits per heavy atom. The zero-order valence-electron chi connectivity index (χ0n) is 11.4. The highest BCUT2D eigenvalue weighted by molar-refractivity contribution is 7.07. The number of thiophene rings is 1. The maximum absolute atomic E-state index is 12.5. The lowest BCUT2D eigenvalue weighted by atomic mass is 9.95. The second-order valence-electron chi connectivity index (χ2n) is 5.15. The summed E-state index contributed by atoms with van der Waals surface area (Å²) in [6.07, 6.45) is 0.767. The van der Waals surface area contributed by atoms with Gasteiger partial charge in [-0.2, -0.15) is 11.3 Å². The molecule has 2 heterocycles. The van der Waals surface area contributed by atoms with Crippen LogP contribution in [0.3, 0.4) is 0 Å². The molecule has 4 heteroatoms. The van der Waals surface area contributed by atoms with Gasteiger partial charge in [-0.25, -0.2) is 0 Å². The summed E-state index contributed by atoms with van der Waals surface area (Å²) in [7, 11) is 1.86. The Balaban J connectivity index is 1.66. The quantitative estimate of drug-likeness (QED) is 0.868. The van der Waals surface area contributed by atoms with Crippen molar-refractivity contribution < 1.29 is 9.53 Å². The number of rotatable bonds is 3. The summed E-state index contributed by atoms with van der Waals surface area (Å²) in [4.78, 5) is 14.3. The number of hydrogen-bond acceptors (Lipinski definition) is 3. The molecule has 0 saturated heterocycles. The molecule has 3 nitrogen and oxygen atoms in total. The van der Waals surface area contributed by atoms with Crippen molar-refractivity contribution in [3.05, 3.63) is 52.2 Å². The number of benzene rings is 1. The van der Waals surface area contributed by atoms with Crippen LogP contribution in [0.4, 0.5) is 0 Å². The number of para-hydroxylation sites is 1. The molecule has 1 unspecified atom stereocenters. The minimum absolute atomic E-state index is 0.0754. The Morgan fingerprint density at radius 2 is 2.25 bits per heavy atom. The van der Waals surface area contributed by atoms with Gasteiger partial charge in [0.25, 0.3) is 0 Å². The van der Waals surface area contributed by atoms with Crippen LogP contribution < -0.4 is 4.74 Å². The van der Waals surface area contributed by atoms with Crippen molar-refractivity contribution in [3.8, 4) is 5.75 Å². The zero-order valence-corrected chi connectivity index (χ0v) is 12.2. The average molecular weight is 287 g/mol. The summed E-state index contributed by atoms with van der Waals surface area (Å²) >= 11 is 1.66. The van der Waals surface area contributed by atoms with Crippen LogP contribution in [-0.4, -0.2) is 24.5 Å². The molecular weight excluding hydrogens is 270 g/mol. The predicted octanol–water partition coefficient (Wildman–Crippen LogP) is 2.96. The molecule has 104 valence electrons. The zero-order chi connectivity index (χ0) is 13.9. The maximum Gasteiger partial charge on any atom is 0.229 e. The fraction of sp³-hybridized carbons (Fsp3) is 0.312. The van der Waals surface area contributed by atoms with E-state index in [1.807, 2.05) is 36.7 Å². The van der Waals surface area contributed by atoms with Crippen LogP contribution in [0.5, 0.6) is 5.75 Å². The van der Waals surface area contributed by atoms with Crippen LogP contribution in [0.2, 0.25) is 0 Å². The largest absolute Gasteiger partial charge is 0.492 e. The van der Waals surface area contributed by atoms with E-state index < -0.39 is 0 Å². The lowest BCUT2D eigenvalue weighted by Crippen LogP contribution is -2.38. The van der Waals surface area contributed by atoms with Crippen molar-refractivity contribution >= 4 is 17.2 Å². The van der Waals surface area contributed by atoms with Crippen LogP contribution in [0.15, 0.2) is 41.1 Å². The molecule has 1 amide bonds. The standard InChI is InChI=1S/C16H17NO2S/c1-17(9-12-6-7-20-11-12)16(18)14-8-13-4-2-3-5-15(13)19-10-14/h2-7,11,14H,8-10H2,1H3. The van der Waals surface area contributed by atoms with E-state index in [9.17, 15) is 4.79 Å². The number of fused-ring (bicyclic) bond motifs is 1. The molecule has 0 radical (unpaired) electrons. The topological polar surface area (TPSA) is 29.5 Å². The Kier molecular flexibility index (Phi) is 3.74. The van der Waals surface area contributed by atoms with E-state index in [2.05, 4.69) is 11.4 Å². The lowest BCUT2D eigenvalue weighted by Gasteiger charge is -2.28. The molecular formula is C16H17NO2S. The first kappa shape index (κ1) is 13.2. The van der Waals surface area contributed by atoms with Gasteiger partial charge in [-0.1, -0.05) is 18.2 Å². The summed E-state index contributed by atoms with van der Waals surface area (Å²) < 4.78 is 5.70. The van der Waals surface area contributed by atoms with Crippen LogP contribution in [-0.2, 0) is 17.8 Å². The molecule has 1 aromatic carbocycles. The molecule has 2 aromatic rings. The van der Waals surface area contributed by atoms with E-state index in [1.165, 1.54) is 5.56 Å². The van der Waals surface area contributed by atoms with Gasteiger partial charge in [-0.3, -0.25) is 4.79 Å². The van der Waals surface area contributed by atoms with Crippen molar-refractivity contribution in [2.24, 2.45) is 5.92 Å². The van der Waals surface area contributed by atoms with Crippen LogP contribution in [0.1, 0.15) is 11.1 Å². The smallest absolute Gasteiger partial charge is 0.229 e. The average Bonchev–Trinajstić information content (AvgIpc) is 2.99. The first-order chi connectivity index (χ1) is 9.74. The highest BCUT2D eigenvalue weighted by Crippen LogP contribution is 2.27. The summed E-state index contributed by atoms with van der Waals surface area (Å²) in [5, 5.41) is 4.12. The van der Waals surface area contributed by atoms with Crippen molar-refractivity contribution in [1.29, 1.82) is 0 Å². The molecule has 0 fully saturated rings. The van der Waals surface area contributed by atoms with Gasteiger partial charge >= 0.3 is 0 Å². The van der Waals surface area contributed by atoms with Crippen molar-refractivity contribution in [1.82, 2.24) is 4.90 Å². The number of nitrogens with zero attached hydrogens (tertiary/aromatic N) is 1. The van der Waals surface area contributed by atoms with Crippen molar-refractivity contribution in [3.63, 3.8) is 0 Å². The Labute approximate surface area is 122 Å². The third kappa shape index (κ3) is 2.70. The fourth-order valence-corrected chi connectivity index (χ4v) is 3.19. The SMILES string of the molecule is CN(Cc1ccsc1)C(=O)C1COc2ccccc2C1. The van der Waals surface area contributed by atoms with Crippen molar-refractivity contribution in [2.75, 3.05) is 13.7 Å². The van der Waals surface area contributed by atoms with Crippen LogP contribution in [0.25, 0.3) is 0 Å². The number of amides is 1. The fourth-order valence-electron chi connectivity index (χ4n) is 2.53. The Hall–Kier alpha value is -1.81. The van der Waals surface area contributed by atoms with Gasteiger partial charge in [0.1, 0.15) is 12.4 Å². The molecule has 0 bridgehead atoms. The second-order valence-corrected chi connectivity index (χ2v) is 5.93. The highest BCUT2D eigenvalue weighted by atomic mass is 32.1. The van der Waals surface area contributed by atoms with E-state index in [1.54, 1.807) is 16.2 Å². The van der Waals surface area contributed by atoms with E-state index in [-0.39, 0.29) is 11.8 Å². The van der Waals surface area contributed by atoms with Crippen LogP contribution >= 0.6 is 11.3 Å². The summed E-state index contributed by atoms with van der Waals surface area (Å²) in [5.74, 6) is 0.997. The molecule has 0 N–H and O–H groups in total. The third-order valence-electron chi connectivity index (χ3n) is 3.60. The lowest BCUT2D eigenvalue weighted by molar-refractivity contribution is -0.136. The van der Waals surface area contributed by atoms with Gasteiger partial charge in [0.15, 0.2) is 0 Å². The Bertz CT molecular complexity index is 594. The van der Waals surface area contributed by atoms with Gasteiger partial charge < -0.3 is 9.64 Å². The molecule has 1 aliphatic heterocycles. The maximum atomic E-state index is 12.5. The molecule has 1 aliphatic rings. The minimum Gasteiger partial charge on any atom is -0.492 e. The first-order valence-electron chi connectivity index (χ1n) is 6.71. The second kappa shape index (κ2) is 5.67. The number of hydrogen-bond donors (Lipinski definition) is 0. The molecule has 1 aromatic heterocycles. The van der Waals surface area contributed by atoms with Gasteiger partial charge in [-0.05, 0) is 40.4 Å². The molecule has 3 rings (SSSR count). The van der Waals surface area contributed by atoms with E-state index in [4.69, 9.17) is 4.74 Å². The summed E-state index contributed by atoms with van der Waals surface area (Å²) in [5.41, 5.74) is 2.31. The van der Waals surface area contributed by atoms with E-state index in [0.29, 0.717) is 13.2 Å². The molecule has 0 spiro atoms. The molecule has 1 atom stereocenters. The number of carbonyl (C=O) groups is 1. The highest BCUT2D eigenvalue weighted by Gasteiger charge is 2.28.